The predicted molar refractivity (Wildman–Crippen MR) is 391 cm³/mol. The van der Waals surface area contributed by atoms with E-state index in [-0.39, 0.29) is 25.7 Å². The van der Waals surface area contributed by atoms with Crippen LogP contribution in [-0.4, -0.2) is 96.7 Å². The minimum atomic E-state index is -4.96. The van der Waals surface area contributed by atoms with E-state index in [0.717, 1.165) is 102 Å². The van der Waals surface area contributed by atoms with Gasteiger partial charge in [0.05, 0.1) is 26.4 Å². The first-order valence-electron chi connectivity index (χ1n) is 40.0. The molecule has 0 heterocycles. The Hall–Kier alpha value is -1.94. The smallest absolute Gasteiger partial charge is 0.462 e. The van der Waals surface area contributed by atoms with Crippen molar-refractivity contribution in [1.82, 2.24) is 0 Å². The van der Waals surface area contributed by atoms with Crippen LogP contribution in [0.4, 0.5) is 0 Å². The Balaban J connectivity index is 5.23. The molecule has 3 N–H and O–H groups in total. The number of unbranched alkanes of at least 4 members (excludes halogenated alkanes) is 46. The standard InChI is InChI=1S/C77H150O17P2/c1-7-9-11-13-15-17-19-21-23-25-28-32-36-40-47-53-59-74(79)87-65-72(93-76(81)62-56-50-42-38-34-30-26-27-31-35-39-45-51-57-69(3)4)67-91-95(83,84)89-63-71(78)64-90-96(85,86)92-68-73(66-88-75(80)60-54-48-44-43-46-52-58-70(5)6)94-77(82)61-55-49-41-37-33-29-24-22-20-18-16-14-12-10-8-2/h69-73,78H,7-68H2,1-6H3,(H,83,84)(H,85,86)/t71-,72-,73-/m1/s1. The van der Waals surface area contributed by atoms with Crippen LogP contribution in [0.5, 0.6) is 0 Å². The Morgan fingerprint density at radius 1 is 0.281 bits per heavy atom. The first-order chi connectivity index (χ1) is 46.4. The van der Waals surface area contributed by atoms with E-state index in [0.29, 0.717) is 31.6 Å². The molecule has 0 aliphatic heterocycles. The van der Waals surface area contributed by atoms with Gasteiger partial charge in [0, 0.05) is 25.7 Å². The van der Waals surface area contributed by atoms with Crippen LogP contribution in [-0.2, 0) is 65.4 Å². The Morgan fingerprint density at radius 3 is 0.708 bits per heavy atom. The van der Waals surface area contributed by atoms with Crippen LogP contribution in [0.1, 0.15) is 401 Å². The number of aliphatic hydroxyl groups is 1. The van der Waals surface area contributed by atoms with Gasteiger partial charge in [-0.15, -0.1) is 0 Å². The molecule has 19 heteroatoms. The van der Waals surface area contributed by atoms with E-state index in [1.54, 1.807) is 0 Å². The van der Waals surface area contributed by atoms with Crippen LogP contribution in [0.3, 0.4) is 0 Å². The second-order valence-corrected chi connectivity index (χ2v) is 31.6. The average molecular weight is 1410 g/mol. The summed E-state index contributed by atoms with van der Waals surface area (Å²) in [7, 11) is -9.91. The molecule has 0 radical (unpaired) electrons. The van der Waals surface area contributed by atoms with Crippen molar-refractivity contribution in [2.24, 2.45) is 11.8 Å². The number of rotatable bonds is 76. The molecular formula is C77H150O17P2. The summed E-state index contributed by atoms with van der Waals surface area (Å²) in [4.78, 5) is 72.8. The fraction of sp³-hybridized carbons (Fsp3) is 0.948. The summed E-state index contributed by atoms with van der Waals surface area (Å²) >= 11 is 0. The van der Waals surface area contributed by atoms with Gasteiger partial charge in [-0.1, -0.05) is 350 Å². The van der Waals surface area contributed by atoms with Crippen molar-refractivity contribution >= 4 is 39.5 Å². The Kier molecular flexibility index (Phi) is 67.4. The molecule has 2 unspecified atom stereocenters. The number of carbonyl (C=O) groups is 4. The van der Waals surface area contributed by atoms with Crippen molar-refractivity contribution in [3.8, 4) is 0 Å². The summed E-state index contributed by atoms with van der Waals surface area (Å²) in [5, 5.41) is 10.6. The molecule has 0 saturated heterocycles. The molecule has 0 rings (SSSR count). The topological polar surface area (TPSA) is 237 Å². The zero-order valence-electron chi connectivity index (χ0n) is 62.7. The van der Waals surface area contributed by atoms with Gasteiger partial charge in [0.1, 0.15) is 19.3 Å². The molecule has 0 aromatic rings. The fourth-order valence-electron chi connectivity index (χ4n) is 11.8. The molecule has 96 heavy (non-hydrogen) atoms. The third-order valence-electron chi connectivity index (χ3n) is 18.0. The highest BCUT2D eigenvalue weighted by atomic mass is 31.2. The van der Waals surface area contributed by atoms with E-state index in [1.165, 1.54) is 212 Å². The quantitative estimate of drug-likeness (QED) is 0.0222. The lowest BCUT2D eigenvalue weighted by Gasteiger charge is -2.21. The number of hydrogen-bond acceptors (Lipinski definition) is 15. The summed E-state index contributed by atoms with van der Waals surface area (Å²) in [5.41, 5.74) is 0. The highest BCUT2D eigenvalue weighted by molar-refractivity contribution is 7.47. The van der Waals surface area contributed by atoms with Gasteiger partial charge in [0.2, 0.25) is 0 Å². The average Bonchev–Trinajstić information content (AvgIpc) is 2.57. The minimum Gasteiger partial charge on any atom is -0.462 e. The van der Waals surface area contributed by atoms with Crippen molar-refractivity contribution in [2.45, 2.75) is 419 Å². The molecule has 0 aromatic heterocycles. The predicted octanol–water partition coefficient (Wildman–Crippen LogP) is 22.7. The summed E-state index contributed by atoms with van der Waals surface area (Å²) < 4.78 is 68.6. The van der Waals surface area contributed by atoms with Crippen molar-refractivity contribution in [2.75, 3.05) is 39.6 Å². The fourth-order valence-corrected chi connectivity index (χ4v) is 13.4. The number of aliphatic hydroxyl groups excluding tert-OH is 1. The van der Waals surface area contributed by atoms with Gasteiger partial charge in [-0.3, -0.25) is 37.3 Å². The summed E-state index contributed by atoms with van der Waals surface area (Å²) in [6.07, 6.45) is 56.9. The first kappa shape index (κ1) is 94.1. The van der Waals surface area contributed by atoms with Crippen molar-refractivity contribution in [3.63, 3.8) is 0 Å². The maximum Gasteiger partial charge on any atom is 0.472 e. The number of carbonyl (C=O) groups excluding carboxylic acids is 4. The van der Waals surface area contributed by atoms with Gasteiger partial charge in [0.25, 0.3) is 0 Å². The Bertz CT molecular complexity index is 1860. The Labute approximate surface area is 588 Å². The van der Waals surface area contributed by atoms with Crippen molar-refractivity contribution in [3.05, 3.63) is 0 Å². The van der Waals surface area contributed by atoms with E-state index >= 15 is 0 Å². The molecule has 0 aliphatic carbocycles. The third kappa shape index (κ3) is 70.5. The SMILES string of the molecule is CCCCCCCCCCCCCCCCCCC(=O)OC[C@H](COP(=O)(O)OC[C@@H](O)COP(=O)(O)OC[C@@H](COC(=O)CCCCCCCCC(C)C)OC(=O)CCCCCCCCCCCCCCCCC)OC(=O)CCCCCCCCCCCCCCCC(C)C. The number of ether oxygens (including phenoxy) is 4. The molecule has 0 spiro atoms. The van der Waals surface area contributed by atoms with Gasteiger partial charge >= 0.3 is 39.5 Å². The van der Waals surface area contributed by atoms with E-state index < -0.39 is 97.5 Å². The third-order valence-corrected chi connectivity index (χ3v) is 19.9. The maximum atomic E-state index is 13.1. The highest BCUT2D eigenvalue weighted by Crippen LogP contribution is 2.45. The second-order valence-electron chi connectivity index (χ2n) is 28.7. The lowest BCUT2D eigenvalue weighted by molar-refractivity contribution is -0.161. The molecule has 570 valence electrons. The van der Waals surface area contributed by atoms with Crippen LogP contribution < -0.4 is 0 Å². The number of phosphoric ester groups is 2. The van der Waals surface area contributed by atoms with Crippen LogP contribution in [0, 0.1) is 11.8 Å². The molecule has 0 aromatic carbocycles. The van der Waals surface area contributed by atoms with Crippen LogP contribution >= 0.6 is 15.6 Å². The first-order valence-corrected chi connectivity index (χ1v) is 43.0. The maximum absolute atomic E-state index is 13.1. The van der Waals surface area contributed by atoms with E-state index in [2.05, 4.69) is 41.5 Å². The normalized spacial score (nSPS) is 14.0. The van der Waals surface area contributed by atoms with Gasteiger partial charge in [-0.05, 0) is 37.5 Å². The summed E-state index contributed by atoms with van der Waals surface area (Å²) in [6, 6.07) is 0. The van der Waals surface area contributed by atoms with Crippen LogP contribution in [0.2, 0.25) is 0 Å². The van der Waals surface area contributed by atoms with Gasteiger partial charge in [-0.25, -0.2) is 9.13 Å². The summed E-state index contributed by atoms with van der Waals surface area (Å²) in [5.74, 6) is -0.648. The molecule has 0 bridgehead atoms. The lowest BCUT2D eigenvalue weighted by atomic mass is 10.0. The van der Waals surface area contributed by atoms with Crippen LogP contribution in [0.15, 0.2) is 0 Å². The largest absolute Gasteiger partial charge is 0.472 e. The number of esters is 4. The van der Waals surface area contributed by atoms with E-state index in [1.807, 2.05) is 0 Å². The number of hydrogen-bond donors (Lipinski definition) is 3. The van der Waals surface area contributed by atoms with Crippen molar-refractivity contribution in [1.29, 1.82) is 0 Å². The summed E-state index contributed by atoms with van der Waals surface area (Å²) in [6.45, 7) is 9.55. The molecule has 17 nitrogen and oxygen atoms in total. The molecule has 0 saturated carbocycles. The molecule has 0 fully saturated rings. The van der Waals surface area contributed by atoms with Crippen LogP contribution in [0.25, 0.3) is 0 Å². The zero-order valence-corrected chi connectivity index (χ0v) is 64.5. The molecular weight excluding hydrogens is 1260 g/mol. The minimum absolute atomic E-state index is 0.107. The Morgan fingerprint density at radius 2 is 0.479 bits per heavy atom. The van der Waals surface area contributed by atoms with Gasteiger partial charge in [-0.2, -0.15) is 0 Å². The number of phosphoric acid groups is 2. The lowest BCUT2D eigenvalue weighted by Crippen LogP contribution is -2.30. The van der Waals surface area contributed by atoms with Gasteiger partial charge < -0.3 is 33.8 Å². The van der Waals surface area contributed by atoms with E-state index in [4.69, 9.17) is 37.0 Å². The van der Waals surface area contributed by atoms with E-state index in [9.17, 15) is 43.2 Å². The highest BCUT2D eigenvalue weighted by Gasteiger charge is 2.30. The molecule has 0 aliphatic rings. The van der Waals surface area contributed by atoms with Gasteiger partial charge in [0.15, 0.2) is 12.2 Å². The zero-order chi connectivity index (χ0) is 70.7. The monoisotopic (exact) mass is 1410 g/mol. The molecule has 5 atom stereocenters. The van der Waals surface area contributed by atoms with Crippen molar-refractivity contribution < 1.29 is 80.2 Å². The molecule has 0 amide bonds. The second kappa shape index (κ2) is 68.8.